The third kappa shape index (κ3) is 2.95. The molecule has 0 spiro atoms. The maximum atomic E-state index is 12.2. The van der Waals surface area contributed by atoms with E-state index >= 15 is 0 Å². The van der Waals surface area contributed by atoms with Crippen molar-refractivity contribution in [3.8, 4) is 0 Å². The summed E-state index contributed by atoms with van der Waals surface area (Å²) in [5.41, 5.74) is 3.99. The monoisotopic (exact) mass is 316 g/mol. The second-order valence-corrected chi connectivity index (χ2v) is 7.67. The molecule has 0 saturated heterocycles. The van der Waals surface area contributed by atoms with Crippen LogP contribution in [0.15, 0.2) is 47.4 Å². The SMILES string of the molecule is CCS(=O)(=O)c1ccccc1Nc1ccc2c(c1)CCCN2. The van der Waals surface area contributed by atoms with E-state index in [1.54, 1.807) is 25.1 Å². The third-order valence-electron chi connectivity index (χ3n) is 3.92. The normalized spacial score (nSPS) is 14.0. The quantitative estimate of drug-likeness (QED) is 0.905. The summed E-state index contributed by atoms with van der Waals surface area (Å²) in [5, 5.41) is 6.63. The number of sulfone groups is 1. The summed E-state index contributed by atoms with van der Waals surface area (Å²) in [6, 6.07) is 13.2. The van der Waals surface area contributed by atoms with Gasteiger partial charge in [-0.05, 0) is 48.7 Å². The van der Waals surface area contributed by atoms with Gasteiger partial charge in [-0.25, -0.2) is 8.42 Å². The van der Waals surface area contributed by atoms with Crippen molar-refractivity contribution in [2.45, 2.75) is 24.7 Å². The van der Waals surface area contributed by atoms with E-state index in [9.17, 15) is 8.42 Å². The molecule has 4 nitrogen and oxygen atoms in total. The molecule has 0 fully saturated rings. The van der Waals surface area contributed by atoms with Gasteiger partial charge in [0.15, 0.2) is 9.84 Å². The van der Waals surface area contributed by atoms with E-state index < -0.39 is 9.84 Å². The van der Waals surface area contributed by atoms with Crippen molar-refractivity contribution < 1.29 is 8.42 Å². The van der Waals surface area contributed by atoms with Gasteiger partial charge in [0.2, 0.25) is 0 Å². The Bertz CT molecular complexity index is 785. The lowest BCUT2D eigenvalue weighted by Gasteiger charge is -2.19. The molecule has 1 aliphatic rings. The maximum absolute atomic E-state index is 12.2. The minimum atomic E-state index is -3.24. The molecule has 0 atom stereocenters. The second kappa shape index (κ2) is 6.01. The average Bonchev–Trinajstić information content (AvgIpc) is 2.55. The van der Waals surface area contributed by atoms with Crippen LogP contribution < -0.4 is 10.6 Å². The van der Waals surface area contributed by atoms with E-state index in [1.165, 1.54) is 11.3 Å². The Morgan fingerprint density at radius 1 is 1.18 bits per heavy atom. The fourth-order valence-corrected chi connectivity index (χ4v) is 3.76. The van der Waals surface area contributed by atoms with E-state index in [-0.39, 0.29) is 5.75 Å². The molecule has 3 rings (SSSR count). The van der Waals surface area contributed by atoms with Crippen molar-refractivity contribution in [3.05, 3.63) is 48.0 Å². The van der Waals surface area contributed by atoms with Gasteiger partial charge in [-0.15, -0.1) is 0 Å². The maximum Gasteiger partial charge on any atom is 0.180 e. The molecule has 22 heavy (non-hydrogen) atoms. The predicted molar refractivity (Wildman–Crippen MR) is 90.7 cm³/mol. The summed E-state index contributed by atoms with van der Waals surface area (Å²) in [6.07, 6.45) is 2.17. The van der Waals surface area contributed by atoms with Crippen LogP contribution >= 0.6 is 0 Å². The number of fused-ring (bicyclic) bond motifs is 1. The molecule has 2 aromatic carbocycles. The van der Waals surface area contributed by atoms with Gasteiger partial charge in [-0.1, -0.05) is 19.1 Å². The second-order valence-electron chi connectivity index (χ2n) is 5.43. The van der Waals surface area contributed by atoms with Crippen molar-refractivity contribution in [3.63, 3.8) is 0 Å². The molecule has 1 aliphatic heterocycles. The van der Waals surface area contributed by atoms with Crippen LogP contribution in [0.1, 0.15) is 18.9 Å². The van der Waals surface area contributed by atoms with Gasteiger partial charge in [0.05, 0.1) is 16.3 Å². The number of anilines is 3. The van der Waals surface area contributed by atoms with Crippen LogP contribution in [-0.2, 0) is 16.3 Å². The van der Waals surface area contributed by atoms with Gasteiger partial charge in [-0.3, -0.25) is 0 Å². The molecule has 2 aromatic rings. The minimum Gasteiger partial charge on any atom is -0.385 e. The first-order valence-corrected chi connectivity index (χ1v) is 9.21. The number of hydrogen-bond acceptors (Lipinski definition) is 4. The van der Waals surface area contributed by atoms with E-state index in [4.69, 9.17) is 0 Å². The van der Waals surface area contributed by atoms with Crippen LogP contribution in [0.5, 0.6) is 0 Å². The molecule has 5 heteroatoms. The highest BCUT2D eigenvalue weighted by molar-refractivity contribution is 7.91. The zero-order valence-electron chi connectivity index (χ0n) is 12.6. The molecular formula is C17H20N2O2S. The minimum absolute atomic E-state index is 0.0970. The lowest BCUT2D eigenvalue weighted by Crippen LogP contribution is -2.12. The van der Waals surface area contributed by atoms with Crippen molar-refractivity contribution in [2.75, 3.05) is 22.9 Å². The standard InChI is InChI=1S/C17H20N2O2S/c1-2-22(20,21)17-8-4-3-7-16(17)19-14-9-10-15-13(12-14)6-5-11-18-15/h3-4,7-10,12,18-19H,2,5-6,11H2,1H3. The predicted octanol–water partition coefficient (Wildman–Crippen LogP) is 3.58. The zero-order valence-corrected chi connectivity index (χ0v) is 13.4. The highest BCUT2D eigenvalue weighted by atomic mass is 32.2. The molecule has 0 aliphatic carbocycles. The number of hydrogen-bond donors (Lipinski definition) is 2. The number of nitrogens with one attached hydrogen (secondary N) is 2. The topological polar surface area (TPSA) is 58.2 Å². The molecule has 116 valence electrons. The largest absolute Gasteiger partial charge is 0.385 e. The van der Waals surface area contributed by atoms with Gasteiger partial charge in [-0.2, -0.15) is 0 Å². The Morgan fingerprint density at radius 2 is 2.00 bits per heavy atom. The van der Waals surface area contributed by atoms with Crippen molar-refractivity contribution in [1.29, 1.82) is 0 Å². The van der Waals surface area contributed by atoms with Gasteiger partial charge in [0, 0.05) is 17.9 Å². The number of aryl methyl sites for hydroxylation is 1. The van der Waals surface area contributed by atoms with E-state index in [0.29, 0.717) is 10.6 Å². The summed E-state index contributed by atoms with van der Waals surface area (Å²) in [4.78, 5) is 0.355. The Morgan fingerprint density at radius 3 is 2.82 bits per heavy atom. The molecular weight excluding hydrogens is 296 g/mol. The fourth-order valence-electron chi connectivity index (χ4n) is 2.70. The summed E-state index contributed by atoms with van der Waals surface area (Å²) in [7, 11) is -3.24. The van der Waals surface area contributed by atoms with Crippen molar-refractivity contribution in [1.82, 2.24) is 0 Å². The summed E-state index contributed by atoms with van der Waals surface area (Å²) >= 11 is 0. The first-order chi connectivity index (χ1) is 10.6. The van der Waals surface area contributed by atoms with Crippen LogP contribution in [0.25, 0.3) is 0 Å². The van der Waals surface area contributed by atoms with Crippen molar-refractivity contribution in [2.24, 2.45) is 0 Å². The average molecular weight is 316 g/mol. The number of benzene rings is 2. The van der Waals surface area contributed by atoms with Crippen molar-refractivity contribution >= 4 is 26.9 Å². The molecule has 0 bridgehead atoms. The van der Waals surface area contributed by atoms with Gasteiger partial charge in [0.25, 0.3) is 0 Å². The lowest BCUT2D eigenvalue weighted by molar-refractivity contribution is 0.597. The first-order valence-electron chi connectivity index (χ1n) is 7.56. The van der Waals surface area contributed by atoms with Crippen LogP contribution in [0, 0.1) is 0 Å². The summed E-state index contributed by atoms with van der Waals surface area (Å²) in [6.45, 7) is 2.67. The molecule has 2 N–H and O–H groups in total. The molecule has 0 radical (unpaired) electrons. The number of rotatable bonds is 4. The smallest absolute Gasteiger partial charge is 0.180 e. The summed E-state index contributed by atoms with van der Waals surface area (Å²) < 4.78 is 24.4. The Hall–Kier alpha value is -2.01. The third-order valence-corrected chi connectivity index (χ3v) is 5.71. The van der Waals surface area contributed by atoms with Gasteiger partial charge < -0.3 is 10.6 Å². The molecule has 0 unspecified atom stereocenters. The molecule has 0 saturated carbocycles. The van der Waals surface area contributed by atoms with Gasteiger partial charge in [0.1, 0.15) is 0 Å². The van der Waals surface area contributed by atoms with E-state index in [2.05, 4.69) is 16.7 Å². The Labute approximate surface area is 131 Å². The molecule has 0 amide bonds. The highest BCUT2D eigenvalue weighted by Crippen LogP contribution is 2.29. The molecule has 1 heterocycles. The zero-order chi connectivity index (χ0) is 15.6. The first kappa shape index (κ1) is 14.9. The van der Waals surface area contributed by atoms with E-state index in [0.717, 1.165) is 25.1 Å². The van der Waals surface area contributed by atoms with Crippen LogP contribution in [0.3, 0.4) is 0 Å². The molecule has 0 aromatic heterocycles. The van der Waals surface area contributed by atoms with Gasteiger partial charge >= 0.3 is 0 Å². The fraction of sp³-hybridized carbons (Fsp3) is 0.294. The summed E-state index contributed by atoms with van der Waals surface area (Å²) in [5.74, 6) is 0.0970. The lowest BCUT2D eigenvalue weighted by atomic mass is 10.0. The highest BCUT2D eigenvalue weighted by Gasteiger charge is 2.16. The van der Waals surface area contributed by atoms with Crippen LogP contribution in [-0.4, -0.2) is 20.7 Å². The Kier molecular flexibility index (Phi) is 4.07. The van der Waals surface area contributed by atoms with E-state index in [1.807, 2.05) is 18.2 Å². The number of para-hydroxylation sites is 1. The van der Waals surface area contributed by atoms with Crippen LogP contribution in [0.2, 0.25) is 0 Å². The van der Waals surface area contributed by atoms with Crippen LogP contribution in [0.4, 0.5) is 17.1 Å². The Balaban J connectivity index is 1.94.